The van der Waals surface area contributed by atoms with Crippen molar-refractivity contribution in [2.75, 3.05) is 20.7 Å². The number of amides is 1. The van der Waals surface area contributed by atoms with Crippen LogP contribution >= 0.6 is 0 Å². The molecule has 5 nitrogen and oxygen atoms in total. The van der Waals surface area contributed by atoms with Crippen molar-refractivity contribution in [1.29, 1.82) is 0 Å². The molecule has 0 aliphatic heterocycles. The smallest absolute Gasteiger partial charge is 0.280 e. The lowest BCUT2D eigenvalue weighted by atomic mass is 9.90. The second kappa shape index (κ2) is 10.2. The van der Waals surface area contributed by atoms with Crippen molar-refractivity contribution in [1.82, 2.24) is 9.88 Å². The maximum Gasteiger partial charge on any atom is 0.280 e. The van der Waals surface area contributed by atoms with E-state index >= 15 is 0 Å². The molecule has 1 heterocycles. The molecule has 3 aromatic rings. The molecule has 3 N–H and O–H groups in total. The van der Waals surface area contributed by atoms with E-state index in [1.165, 1.54) is 35.8 Å². The van der Waals surface area contributed by atoms with E-state index in [9.17, 15) is 4.79 Å². The van der Waals surface area contributed by atoms with Crippen molar-refractivity contribution in [3.63, 3.8) is 0 Å². The first kappa shape index (κ1) is 22.4. The summed E-state index contributed by atoms with van der Waals surface area (Å²) in [6.45, 7) is 2.85. The third-order valence-corrected chi connectivity index (χ3v) is 7.10. The van der Waals surface area contributed by atoms with Crippen molar-refractivity contribution in [3.05, 3.63) is 65.9 Å². The van der Waals surface area contributed by atoms with Gasteiger partial charge in [-0.15, -0.1) is 0 Å². The molecule has 0 radical (unpaired) electrons. The van der Waals surface area contributed by atoms with Gasteiger partial charge in [-0.3, -0.25) is 4.79 Å². The quantitative estimate of drug-likeness (QED) is 0.562. The number of nitrogens with two attached hydrogens (primary N) is 1. The summed E-state index contributed by atoms with van der Waals surface area (Å²) in [5, 5.41) is 3.44. The fourth-order valence-electron chi connectivity index (χ4n) is 5.07. The number of methoxy groups -OCH3 is 1. The highest BCUT2D eigenvalue weighted by Crippen LogP contribution is 2.31. The molecule has 170 valence electrons. The molecule has 0 saturated heterocycles. The van der Waals surface area contributed by atoms with Crippen molar-refractivity contribution in [3.8, 4) is 5.75 Å². The first-order valence-corrected chi connectivity index (χ1v) is 11.9. The van der Waals surface area contributed by atoms with Gasteiger partial charge in [-0.05, 0) is 49.1 Å². The average Bonchev–Trinajstić information content (AvgIpc) is 3.28. The van der Waals surface area contributed by atoms with E-state index in [-0.39, 0.29) is 17.9 Å². The molecule has 2 atom stereocenters. The van der Waals surface area contributed by atoms with Crippen LogP contribution in [0.3, 0.4) is 0 Å². The molecule has 1 aliphatic carbocycles. The van der Waals surface area contributed by atoms with Gasteiger partial charge in [-0.2, -0.15) is 0 Å². The average molecular weight is 435 g/mol. The fraction of sp³-hybridized carbons (Fsp3) is 0.444. The Bertz CT molecular complexity index is 1020. The van der Waals surface area contributed by atoms with Crippen LogP contribution in [0, 0.1) is 0 Å². The number of rotatable bonds is 8. The highest BCUT2D eigenvalue weighted by molar-refractivity contribution is 5.84. The van der Waals surface area contributed by atoms with Gasteiger partial charge in [0.25, 0.3) is 5.91 Å². The molecule has 5 heteroatoms. The Balaban J connectivity index is 1.53. The molecule has 1 saturated carbocycles. The van der Waals surface area contributed by atoms with E-state index in [1.807, 2.05) is 31.0 Å². The number of H-pyrrole nitrogens is 1. The number of hydrogen-bond acceptors (Lipinski definition) is 2. The zero-order valence-electron chi connectivity index (χ0n) is 19.5. The number of carbonyl (C=O) groups excluding carboxylic acids is 1. The molecule has 1 aliphatic rings. The van der Waals surface area contributed by atoms with Crippen LogP contribution < -0.4 is 10.1 Å². The summed E-state index contributed by atoms with van der Waals surface area (Å²) < 4.78 is 5.36. The molecule has 0 bridgehead atoms. The van der Waals surface area contributed by atoms with Gasteiger partial charge in [-0.1, -0.05) is 49.6 Å². The Morgan fingerprint density at radius 1 is 1.12 bits per heavy atom. The molecule has 1 aromatic heterocycles. The van der Waals surface area contributed by atoms with Crippen LogP contribution in [0.5, 0.6) is 5.75 Å². The van der Waals surface area contributed by atoms with Gasteiger partial charge in [0.1, 0.15) is 5.75 Å². The minimum Gasteiger partial charge on any atom is -0.497 e. The first-order chi connectivity index (χ1) is 15.6. The summed E-state index contributed by atoms with van der Waals surface area (Å²) in [4.78, 5) is 18.6. The third kappa shape index (κ3) is 4.83. The highest BCUT2D eigenvalue weighted by atomic mass is 16.5. The Kier molecular flexibility index (Phi) is 7.15. The van der Waals surface area contributed by atoms with Crippen LogP contribution in [0.15, 0.2) is 54.7 Å². The Morgan fingerprint density at radius 3 is 2.56 bits per heavy atom. The monoisotopic (exact) mass is 434 g/mol. The number of carbonyl (C=O) groups is 1. The number of quaternary nitrogens is 1. The zero-order chi connectivity index (χ0) is 22.5. The minimum atomic E-state index is -0.104. The number of aromatic amines is 1. The summed E-state index contributed by atoms with van der Waals surface area (Å²) in [6, 6.07) is 17.0. The summed E-state index contributed by atoms with van der Waals surface area (Å²) in [5.41, 5.74) is 3.64. The number of fused-ring (bicyclic) bond motifs is 1. The van der Waals surface area contributed by atoms with Crippen molar-refractivity contribution in [2.45, 2.75) is 57.0 Å². The minimum absolute atomic E-state index is 0.104. The Hall–Kier alpha value is -2.79. The standard InChI is InChI=1S/C27H35N3O2/c1-19(27(31)30(2)21-9-5-4-6-10-21)28-17-24(20-13-15-22(32-3)16-14-20)25-18-29-26-12-8-7-11-23(25)26/h7-8,11-16,18-19,21,24,28-29H,4-6,9-10,17H2,1-3H3/p+1/t19-,24+/m0/s1. The zero-order valence-corrected chi connectivity index (χ0v) is 19.5. The van der Waals surface area contributed by atoms with Gasteiger partial charge in [-0.25, -0.2) is 0 Å². The first-order valence-electron chi connectivity index (χ1n) is 11.9. The maximum absolute atomic E-state index is 13.1. The molecular formula is C27H36N3O2+. The number of aromatic nitrogens is 1. The number of ether oxygens (including phenoxy) is 1. The van der Waals surface area contributed by atoms with Crippen molar-refractivity contribution >= 4 is 16.8 Å². The van der Waals surface area contributed by atoms with Gasteiger partial charge in [0.15, 0.2) is 6.04 Å². The number of benzene rings is 2. The number of nitrogens with one attached hydrogen (secondary N) is 1. The van der Waals surface area contributed by atoms with Crippen LogP contribution in [0.4, 0.5) is 0 Å². The van der Waals surface area contributed by atoms with E-state index in [0.717, 1.165) is 30.7 Å². The Morgan fingerprint density at radius 2 is 1.84 bits per heavy atom. The highest BCUT2D eigenvalue weighted by Gasteiger charge is 2.29. The fourth-order valence-corrected chi connectivity index (χ4v) is 5.07. The second-order valence-corrected chi connectivity index (χ2v) is 9.12. The predicted octanol–water partition coefficient (Wildman–Crippen LogP) is 4.05. The van der Waals surface area contributed by atoms with E-state index in [1.54, 1.807) is 7.11 Å². The summed E-state index contributed by atoms with van der Waals surface area (Å²) in [5.74, 6) is 1.27. The van der Waals surface area contributed by atoms with Crippen LogP contribution in [-0.4, -0.2) is 48.6 Å². The van der Waals surface area contributed by atoms with Crippen LogP contribution in [0.25, 0.3) is 10.9 Å². The lowest BCUT2D eigenvalue weighted by molar-refractivity contribution is -0.675. The van der Waals surface area contributed by atoms with Gasteiger partial charge < -0.3 is 19.9 Å². The van der Waals surface area contributed by atoms with Gasteiger partial charge in [0.2, 0.25) is 0 Å². The predicted molar refractivity (Wildman–Crippen MR) is 129 cm³/mol. The van der Waals surface area contributed by atoms with Crippen molar-refractivity contribution in [2.24, 2.45) is 0 Å². The lowest BCUT2D eigenvalue weighted by Gasteiger charge is -2.32. The molecule has 4 rings (SSSR count). The summed E-state index contributed by atoms with van der Waals surface area (Å²) >= 11 is 0. The van der Waals surface area contributed by atoms with Crippen molar-refractivity contribution < 1.29 is 14.8 Å². The molecule has 32 heavy (non-hydrogen) atoms. The normalized spacial score (nSPS) is 16.6. The Labute approximate surface area is 191 Å². The van der Waals surface area contributed by atoms with E-state index in [2.05, 4.69) is 52.9 Å². The van der Waals surface area contributed by atoms with Crippen LogP contribution in [-0.2, 0) is 4.79 Å². The van der Waals surface area contributed by atoms with Gasteiger partial charge >= 0.3 is 0 Å². The molecular weight excluding hydrogens is 398 g/mol. The van der Waals surface area contributed by atoms with Gasteiger partial charge in [0.05, 0.1) is 19.6 Å². The lowest BCUT2D eigenvalue weighted by Crippen LogP contribution is -2.92. The topological polar surface area (TPSA) is 61.9 Å². The summed E-state index contributed by atoms with van der Waals surface area (Å²) in [7, 11) is 3.68. The molecule has 0 spiro atoms. The number of likely N-dealkylation sites (N-methyl/N-ethyl adjacent to an activating group) is 1. The summed E-state index contributed by atoms with van der Waals surface area (Å²) in [6.07, 6.45) is 8.17. The maximum atomic E-state index is 13.1. The SMILES string of the molecule is COc1ccc([C@@H](C[NH2+][C@@H](C)C(=O)N(C)C2CCCCC2)c2c[nH]c3ccccc23)cc1. The van der Waals surface area contributed by atoms with E-state index in [0.29, 0.717) is 6.04 Å². The third-order valence-electron chi connectivity index (χ3n) is 7.10. The molecule has 1 amide bonds. The molecule has 0 unspecified atom stereocenters. The molecule has 1 fully saturated rings. The number of para-hydroxylation sites is 1. The van der Waals surface area contributed by atoms with Gasteiger partial charge in [0, 0.05) is 30.2 Å². The molecule has 2 aromatic carbocycles. The van der Waals surface area contributed by atoms with E-state index < -0.39 is 0 Å². The number of nitrogens with zero attached hydrogens (tertiary/aromatic N) is 1. The van der Waals surface area contributed by atoms with E-state index in [4.69, 9.17) is 4.74 Å². The largest absolute Gasteiger partial charge is 0.497 e. The number of hydrogen-bond donors (Lipinski definition) is 2. The van der Waals surface area contributed by atoms with Crippen LogP contribution in [0.1, 0.15) is 56.1 Å². The second-order valence-electron chi connectivity index (χ2n) is 9.12. The van der Waals surface area contributed by atoms with Crippen LogP contribution in [0.2, 0.25) is 0 Å².